The molecule has 2 N–H and O–H groups in total. The Morgan fingerprint density at radius 1 is 1.10 bits per heavy atom. The highest BCUT2D eigenvalue weighted by atomic mass is 16.7. The molecule has 1 aliphatic heterocycles. The highest BCUT2D eigenvalue weighted by molar-refractivity contribution is 5.55. The normalized spacial score (nSPS) is 21.2. The van der Waals surface area contributed by atoms with Crippen LogP contribution in [0, 0.1) is 12.8 Å². The zero-order valence-corrected chi connectivity index (χ0v) is 19.6. The van der Waals surface area contributed by atoms with E-state index in [-0.39, 0.29) is 12.1 Å². The van der Waals surface area contributed by atoms with Crippen molar-refractivity contribution in [1.82, 2.24) is 10.8 Å². The Kier molecular flexibility index (Phi) is 11.1. The molecule has 0 saturated carbocycles. The molecule has 3 unspecified atom stereocenters. The highest BCUT2D eigenvalue weighted by Crippen LogP contribution is 2.36. The molecule has 0 spiro atoms. The van der Waals surface area contributed by atoms with Crippen molar-refractivity contribution >= 4 is 6.79 Å². The van der Waals surface area contributed by atoms with E-state index in [0.29, 0.717) is 5.92 Å². The molecule has 0 bridgehead atoms. The van der Waals surface area contributed by atoms with Crippen LogP contribution in [0.1, 0.15) is 58.2 Å². The van der Waals surface area contributed by atoms with Crippen LogP contribution in [-0.2, 0) is 9.63 Å². The van der Waals surface area contributed by atoms with Crippen LogP contribution >= 0.6 is 0 Å². The lowest BCUT2D eigenvalue weighted by atomic mass is 9.87. The molecule has 1 aromatic rings. The summed E-state index contributed by atoms with van der Waals surface area (Å²) in [5.74, 6) is 1.45. The number of allylic oxidation sites excluding steroid dienone is 4. The maximum atomic E-state index is 8.00. The number of aryl methyl sites for hydroxylation is 1. The van der Waals surface area contributed by atoms with E-state index < -0.39 is 0 Å². The first-order valence-corrected chi connectivity index (χ1v) is 10.8. The van der Waals surface area contributed by atoms with E-state index in [1.165, 1.54) is 27.8 Å². The van der Waals surface area contributed by atoms with E-state index in [4.69, 9.17) is 9.63 Å². The van der Waals surface area contributed by atoms with Crippen LogP contribution in [0.2, 0.25) is 0 Å². The summed E-state index contributed by atoms with van der Waals surface area (Å²) < 4.78 is 0. The molecule has 3 atom stereocenters. The number of carbonyl (C=O) groups excluding carboxylic acids is 1. The van der Waals surface area contributed by atoms with E-state index in [0.717, 1.165) is 12.2 Å². The molecule has 2 aliphatic rings. The summed E-state index contributed by atoms with van der Waals surface area (Å²) in [6.07, 6.45) is 9.98. The summed E-state index contributed by atoms with van der Waals surface area (Å²) in [4.78, 5) is 13.7. The molecule has 1 aliphatic carbocycles. The third-order valence-electron chi connectivity index (χ3n) is 5.17. The first-order chi connectivity index (χ1) is 14.5. The summed E-state index contributed by atoms with van der Waals surface area (Å²) in [5, 5.41) is 3.52. The molecule has 4 heteroatoms. The van der Waals surface area contributed by atoms with Gasteiger partial charge in [0.15, 0.2) is 0 Å². The molecule has 4 nitrogen and oxygen atoms in total. The zero-order chi connectivity index (χ0) is 22.7. The lowest BCUT2D eigenvalue weighted by Gasteiger charge is -2.22. The molecule has 1 aromatic carbocycles. The van der Waals surface area contributed by atoms with Gasteiger partial charge in [0.05, 0.1) is 12.1 Å². The average Bonchev–Trinajstić information content (AvgIpc) is 3.05. The number of likely N-dealkylation sites (N-methyl/N-ethyl adjacent to an activating group) is 1. The van der Waals surface area contributed by atoms with Crippen LogP contribution in [0.4, 0.5) is 0 Å². The van der Waals surface area contributed by atoms with Gasteiger partial charge in [-0.25, -0.2) is 0 Å². The third kappa shape index (κ3) is 6.04. The van der Waals surface area contributed by atoms with Crippen molar-refractivity contribution in [3.8, 4) is 0 Å². The lowest BCUT2D eigenvalue weighted by molar-refractivity contribution is -0.0979. The predicted octanol–water partition coefficient (Wildman–Crippen LogP) is 5.74. The largest absolute Gasteiger partial charge is 0.412 e. The Labute approximate surface area is 182 Å². The van der Waals surface area contributed by atoms with Crippen LogP contribution in [0.15, 0.2) is 71.0 Å². The van der Waals surface area contributed by atoms with E-state index in [9.17, 15) is 0 Å². The maximum absolute atomic E-state index is 8.00. The summed E-state index contributed by atoms with van der Waals surface area (Å²) in [6, 6.07) is 9.10. The number of carbonyl (C=O) groups is 1. The van der Waals surface area contributed by atoms with Gasteiger partial charge in [0, 0.05) is 12.0 Å². The Morgan fingerprint density at radius 3 is 2.27 bits per heavy atom. The van der Waals surface area contributed by atoms with Crippen LogP contribution in [0.3, 0.4) is 0 Å². The van der Waals surface area contributed by atoms with Gasteiger partial charge in [-0.15, -0.1) is 5.48 Å². The van der Waals surface area contributed by atoms with Crippen LogP contribution < -0.4 is 10.8 Å². The Morgan fingerprint density at radius 2 is 1.70 bits per heavy atom. The van der Waals surface area contributed by atoms with Gasteiger partial charge in [-0.1, -0.05) is 81.8 Å². The van der Waals surface area contributed by atoms with Crippen LogP contribution in [-0.4, -0.2) is 19.9 Å². The molecule has 0 radical (unpaired) electrons. The minimum Gasteiger partial charge on any atom is -0.412 e. The monoisotopic (exact) mass is 410 g/mol. The Balaban J connectivity index is 0.00000106. The molecule has 0 aromatic heterocycles. The van der Waals surface area contributed by atoms with E-state index in [1.807, 2.05) is 27.7 Å². The summed E-state index contributed by atoms with van der Waals surface area (Å²) in [7, 11) is 2.03. The molecule has 164 valence electrons. The number of hydrogen-bond donors (Lipinski definition) is 2. The van der Waals surface area contributed by atoms with Crippen molar-refractivity contribution in [2.75, 3.05) is 7.05 Å². The standard InChI is InChI=1S/C23H30N2O.C2H6.CH2O/c1-6-21-22(17(4)25-26-21)19-13-9-16(3)10-14-20(19)23(24-5)18-11-7-15(2)8-12-18;2*1-2/h7-14,16-17,23-25H,6H2,1-5H3;1-2H3;1H2. The number of hydrogen-bond acceptors (Lipinski definition) is 4. The van der Waals surface area contributed by atoms with Gasteiger partial charge in [0.1, 0.15) is 12.5 Å². The van der Waals surface area contributed by atoms with Crippen molar-refractivity contribution in [3.63, 3.8) is 0 Å². The van der Waals surface area contributed by atoms with E-state index in [1.54, 1.807) is 0 Å². The summed E-state index contributed by atoms with van der Waals surface area (Å²) >= 11 is 0. The van der Waals surface area contributed by atoms with Gasteiger partial charge in [0.25, 0.3) is 0 Å². The van der Waals surface area contributed by atoms with Gasteiger partial charge in [0.2, 0.25) is 0 Å². The van der Waals surface area contributed by atoms with Gasteiger partial charge in [-0.05, 0) is 43.5 Å². The molecule has 30 heavy (non-hydrogen) atoms. The Bertz CT molecular complexity index is 788. The van der Waals surface area contributed by atoms with Gasteiger partial charge in [-0.2, -0.15) is 0 Å². The fourth-order valence-electron chi connectivity index (χ4n) is 3.67. The van der Waals surface area contributed by atoms with Crippen molar-refractivity contribution < 1.29 is 9.63 Å². The molecule has 1 heterocycles. The van der Waals surface area contributed by atoms with Crippen molar-refractivity contribution in [1.29, 1.82) is 0 Å². The third-order valence-corrected chi connectivity index (χ3v) is 5.17. The van der Waals surface area contributed by atoms with E-state index >= 15 is 0 Å². The second kappa shape index (κ2) is 13.0. The average molecular weight is 411 g/mol. The minimum absolute atomic E-state index is 0.134. The second-order valence-electron chi connectivity index (χ2n) is 7.21. The maximum Gasteiger partial charge on any atom is 0.129 e. The summed E-state index contributed by atoms with van der Waals surface area (Å²) in [6.45, 7) is 14.6. The smallest absolute Gasteiger partial charge is 0.129 e. The number of rotatable bonds is 5. The van der Waals surface area contributed by atoms with Crippen molar-refractivity contribution in [2.45, 2.75) is 60.0 Å². The Hall–Kier alpha value is -2.43. The minimum atomic E-state index is 0.134. The summed E-state index contributed by atoms with van der Waals surface area (Å²) in [5.41, 5.74) is 9.51. The predicted molar refractivity (Wildman–Crippen MR) is 127 cm³/mol. The topological polar surface area (TPSA) is 50.4 Å². The van der Waals surface area contributed by atoms with Gasteiger partial charge in [-0.3, -0.25) is 0 Å². The fourth-order valence-corrected chi connectivity index (χ4v) is 3.67. The number of benzene rings is 1. The number of hydroxylamine groups is 1. The highest BCUT2D eigenvalue weighted by Gasteiger charge is 2.28. The molecule has 0 saturated heterocycles. The SMILES string of the molecule is C=O.CC.CCC1=C(C2=C(C(NC)c3ccc(C)cc3)C=CC(C)C=C2)C(C)NO1. The van der Waals surface area contributed by atoms with Crippen LogP contribution in [0.5, 0.6) is 0 Å². The van der Waals surface area contributed by atoms with Crippen LogP contribution in [0.25, 0.3) is 0 Å². The van der Waals surface area contributed by atoms with E-state index in [2.05, 4.69) is 87.1 Å². The second-order valence-corrected chi connectivity index (χ2v) is 7.21. The molecular formula is C26H38N2O2. The van der Waals surface area contributed by atoms with Gasteiger partial charge >= 0.3 is 0 Å². The first kappa shape index (κ1) is 25.6. The molecule has 3 rings (SSSR count). The molecule has 0 fully saturated rings. The molecule has 0 amide bonds. The van der Waals surface area contributed by atoms with Crippen molar-refractivity contribution in [2.24, 2.45) is 5.92 Å². The lowest BCUT2D eigenvalue weighted by Crippen LogP contribution is -2.23. The first-order valence-electron chi connectivity index (χ1n) is 10.8. The number of nitrogens with one attached hydrogen (secondary N) is 2. The van der Waals surface area contributed by atoms with Crippen molar-refractivity contribution in [3.05, 3.63) is 82.2 Å². The quantitative estimate of drug-likeness (QED) is 0.649. The fraction of sp³-hybridized carbons (Fsp3) is 0.423. The zero-order valence-electron chi connectivity index (χ0n) is 19.6. The van der Waals surface area contributed by atoms with Gasteiger partial charge < -0.3 is 14.9 Å². The molecular weight excluding hydrogens is 372 g/mol.